The minimum atomic E-state index is 0.604. The van der Waals surface area contributed by atoms with Crippen molar-refractivity contribution in [3.63, 3.8) is 0 Å². The lowest BCUT2D eigenvalue weighted by Crippen LogP contribution is -1.99. The van der Waals surface area contributed by atoms with Gasteiger partial charge in [-0.25, -0.2) is 4.98 Å². The first-order valence-electron chi connectivity index (χ1n) is 2.73. The van der Waals surface area contributed by atoms with E-state index in [0.29, 0.717) is 5.88 Å². The van der Waals surface area contributed by atoms with Gasteiger partial charge in [-0.1, -0.05) is 0 Å². The lowest BCUT2D eigenvalue weighted by Gasteiger charge is -1.92. The second-order valence-corrected chi connectivity index (χ2v) is 2.12. The van der Waals surface area contributed by atoms with Crippen LogP contribution in [0.15, 0.2) is 6.33 Å². The third-order valence-electron chi connectivity index (χ3n) is 1.12. The van der Waals surface area contributed by atoms with Crippen molar-refractivity contribution in [2.75, 3.05) is 5.88 Å². The second-order valence-electron chi connectivity index (χ2n) is 1.74. The van der Waals surface area contributed by atoms with E-state index in [-0.39, 0.29) is 0 Å². The summed E-state index contributed by atoms with van der Waals surface area (Å²) in [6.45, 7) is 0. The maximum absolute atomic E-state index is 5.48. The molecular weight excluding hydrogens is 138 g/mol. The molecule has 0 saturated heterocycles. The van der Waals surface area contributed by atoms with Crippen LogP contribution in [0, 0.1) is 0 Å². The first kappa shape index (κ1) is 6.55. The van der Waals surface area contributed by atoms with E-state index >= 15 is 0 Å². The fraction of sp³-hybridized carbons (Fsp3) is 0.600. The Labute approximate surface area is 58.7 Å². The molecule has 0 aromatic carbocycles. The summed E-state index contributed by atoms with van der Waals surface area (Å²) in [4.78, 5) is 3.97. The van der Waals surface area contributed by atoms with Gasteiger partial charge in [0.25, 0.3) is 0 Å². The van der Waals surface area contributed by atoms with Crippen LogP contribution in [0.5, 0.6) is 0 Å². The molecule has 0 aliphatic rings. The molecule has 0 fully saturated rings. The predicted octanol–water partition coefficient (Wildman–Crippen LogP) is 0.596. The van der Waals surface area contributed by atoms with E-state index in [9.17, 15) is 0 Å². The van der Waals surface area contributed by atoms with Crippen LogP contribution in [0.4, 0.5) is 0 Å². The first-order chi connectivity index (χ1) is 4.34. The van der Waals surface area contributed by atoms with Gasteiger partial charge in [-0.2, -0.15) is 5.10 Å². The van der Waals surface area contributed by atoms with E-state index in [1.807, 2.05) is 7.05 Å². The molecule has 0 aliphatic heterocycles. The van der Waals surface area contributed by atoms with E-state index in [1.54, 1.807) is 4.68 Å². The smallest absolute Gasteiger partial charge is 0.138 e. The Morgan fingerprint density at radius 1 is 1.78 bits per heavy atom. The molecule has 0 radical (unpaired) electrons. The minimum Gasteiger partial charge on any atom is -0.253 e. The molecular formula is C5H8ClN3. The largest absolute Gasteiger partial charge is 0.253 e. The average molecular weight is 146 g/mol. The highest BCUT2D eigenvalue weighted by Crippen LogP contribution is 1.92. The van der Waals surface area contributed by atoms with Gasteiger partial charge in [0.2, 0.25) is 0 Å². The maximum atomic E-state index is 5.48. The summed E-state index contributed by atoms with van der Waals surface area (Å²) in [5.74, 6) is 1.54. The fourth-order valence-corrected chi connectivity index (χ4v) is 0.800. The average Bonchev–Trinajstić information content (AvgIpc) is 2.18. The zero-order chi connectivity index (χ0) is 6.69. The summed E-state index contributed by atoms with van der Waals surface area (Å²) in [5, 5.41) is 3.88. The fourth-order valence-electron chi connectivity index (χ4n) is 0.631. The molecule has 1 rings (SSSR count). The van der Waals surface area contributed by atoms with Crippen molar-refractivity contribution in [1.29, 1.82) is 0 Å². The molecule has 0 bridgehead atoms. The molecule has 0 unspecified atom stereocenters. The molecule has 1 heterocycles. The topological polar surface area (TPSA) is 30.7 Å². The number of hydrogen-bond donors (Lipinski definition) is 0. The van der Waals surface area contributed by atoms with E-state index in [0.717, 1.165) is 12.2 Å². The number of halogens is 1. The quantitative estimate of drug-likeness (QED) is 0.571. The van der Waals surface area contributed by atoms with Crippen molar-refractivity contribution < 1.29 is 0 Å². The van der Waals surface area contributed by atoms with Gasteiger partial charge in [0, 0.05) is 19.3 Å². The molecule has 3 nitrogen and oxygen atoms in total. The van der Waals surface area contributed by atoms with Gasteiger partial charge in [-0.15, -0.1) is 11.6 Å². The second kappa shape index (κ2) is 2.82. The van der Waals surface area contributed by atoms with Crippen molar-refractivity contribution >= 4 is 11.6 Å². The van der Waals surface area contributed by atoms with Gasteiger partial charge in [-0.3, -0.25) is 4.68 Å². The molecule has 0 spiro atoms. The van der Waals surface area contributed by atoms with Gasteiger partial charge in [0.1, 0.15) is 12.2 Å². The summed E-state index contributed by atoms with van der Waals surface area (Å²) < 4.78 is 1.72. The minimum absolute atomic E-state index is 0.604. The number of alkyl halides is 1. The summed E-state index contributed by atoms with van der Waals surface area (Å²) >= 11 is 5.48. The molecule has 1 aromatic heterocycles. The lowest BCUT2D eigenvalue weighted by molar-refractivity contribution is 0.710. The molecule has 50 valence electrons. The Kier molecular flexibility index (Phi) is 2.05. The number of aryl methyl sites for hydroxylation is 2. The van der Waals surface area contributed by atoms with Crippen LogP contribution in [0.2, 0.25) is 0 Å². The van der Waals surface area contributed by atoms with E-state index < -0.39 is 0 Å². The van der Waals surface area contributed by atoms with Gasteiger partial charge in [0.05, 0.1) is 0 Å². The Hall–Kier alpha value is -0.570. The SMILES string of the molecule is Cn1ncnc1CCCl. The molecule has 9 heavy (non-hydrogen) atoms. The van der Waals surface area contributed by atoms with Gasteiger partial charge >= 0.3 is 0 Å². The van der Waals surface area contributed by atoms with E-state index in [2.05, 4.69) is 10.1 Å². The summed E-state index contributed by atoms with van der Waals surface area (Å²) in [7, 11) is 1.86. The van der Waals surface area contributed by atoms with Crippen molar-refractivity contribution in [1.82, 2.24) is 14.8 Å². The Balaban J connectivity index is 2.69. The molecule has 0 saturated carbocycles. The number of rotatable bonds is 2. The molecule has 1 aromatic rings. The zero-order valence-corrected chi connectivity index (χ0v) is 5.97. The van der Waals surface area contributed by atoms with Crippen molar-refractivity contribution in [2.45, 2.75) is 6.42 Å². The van der Waals surface area contributed by atoms with Crippen molar-refractivity contribution in [2.24, 2.45) is 7.05 Å². The van der Waals surface area contributed by atoms with Crippen LogP contribution < -0.4 is 0 Å². The van der Waals surface area contributed by atoms with E-state index in [1.165, 1.54) is 6.33 Å². The van der Waals surface area contributed by atoms with Crippen LogP contribution in [0.25, 0.3) is 0 Å². The van der Waals surface area contributed by atoms with Gasteiger partial charge in [0.15, 0.2) is 0 Å². The van der Waals surface area contributed by atoms with Crippen LogP contribution in [0.3, 0.4) is 0 Å². The van der Waals surface area contributed by atoms with Gasteiger partial charge < -0.3 is 0 Å². The normalized spacial score (nSPS) is 10.0. The molecule has 0 atom stereocenters. The van der Waals surface area contributed by atoms with Crippen LogP contribution in [-0.4, -0.2) is 20.6 Å². The monoisotopic (exact) mass is 145 g/mol. The third-order valence-corrected chi connectivity index (χ3v) is 1.31. The highest BCUT2D eigenvalue weighted by Gasteiger charge is 1.96. The summed E-state index contributed by atoms with van der Waals surface area (Å²) in [5.41, 5.74) is 0. The molecule has 0 aliphatic carbocycles. The number of nitrogens with zero attached hydrogens (tertiary/aromatic N) is 3. The lowest BCUT2D eigenvalue weighted by atomic mass is 10.5. The molecule has 0 N–H and O–H groups in total. The predicted molar refractivity (Wildman–Crippen MR) is 35.4 cm³/mol. The summed E-state index contributed by atoms with van der Waals surface area (Å²) in [6.07, 6.45) is 2.32. The number of aromatic nitrogens is 3. The standard InChI is InChI=1S/C5H8ClN3/c1-9-5(2-3-6)7-4-8-9/h4H,2-3H2,1H3. The number of hydrogen-bond acceptors (Lipinski definition) is 2. The highest BCUT2D eigenvalue weighted by atomic mass is 35.5. The molecule has 4 heteroatoms. The van der Waals surface area contributed by atoms with Crippen LogP contribution >= 0.6 is 11.6 Å². The third kappa shape index (κ3) is 1.42. The maximum Gasteiger partial charge on any atom is 0.138 e. The Bertz CT molecular complexity index is 184. The molecule has 0 amide bonds. The highest BCUT2D eigenvalue weighted by molar-refractivity contribution is 6.17. The summed E-state index contributed by atoms with van der Waals surface area (Å²) in [6, 6.07) is 0. The van der Waals surface area contributed by atoms with Crippen LogP contribution in [-0.2, 0) is 13.5 Å². The van der Waals surface area contributed by atoms with Gasteiger partial charge in [-0.05, 0) is 0 Å². The van der Waals surface area contributed by atoms with E-state index in [4.69, 9.17) is 11.6 Å². The first-order valence-corrected chi connectivity index (χ1v) is 3.27. The van der Waals surface area contributed by atoms with Crippen molar-refractivity contribution in [3.8, 4) is 0 Å². The Morgan fingerprint density at radius 3 is 3.00 bits per heavy atom. The van der Waals surface area contributed by atoms with Crippen LogP contribution in [0.1, 0.15) is 5.82 Å². The Morgan fingerprint density at radius 2 is 2.56 bits per heavy atom. The zero-order valence-electron chi connectivity index (χ0n) is 5.21. The van der Waals surface area contributed by atoms with Crippen molar-refractivity contribution in [3.05, 3.63) is 12.2 Å².